The topological polar surface area (TPSA) is 97.7 Å². The molecule has 0 saturated carbocycles. The van der Waals surface area contributed by atoms with Crippen LogP contribution in [0.15, 0.2) is 24.7 Å². The SMILES string of the molecule is Cc1ncccc1Oc1ncnc(N2C[C@@H]3COC[C@]3(C(=O)O)C2)c1C. The lowest BCUT2D eigenvalue weighted by molar-refractivity contribution is -0.149. The summed E-state index contributed by atoms with van der Waals surface area (Å²) in [5, 5.41) is 9.72. The van der Waals surface area contributed by atoms with Crippen molar-refractivity contribution in [3.8, 4) is 11.6 Å². The molecule has 2 atom stereocenters. The lowest BCUT2D eigenvalue weighted by Gasteiger charge is -2.24. The smallest absolute Gasteiger partial charge is 0.314 e. The van der Waals surface area contributed by atoms with Crippen molar-refractivity contribution in [3.05, 3.63) is 35.9 Å². The molecule has 26 heavy (non-hydrogen) atoms. The fraction of sp³-hybridized carbons (Fsp3) is 0.444. The maximum atomic E-state index is 11.8. The first-order valence-electron chi connectivity index (χ1n) is 8.48. The van der Waals surface area contributed by atoms with Gasteiger partial charge in [0.05, 0.1) is 24.5 Å². The molecule has 2 saturated heterocycles. The Balaban J connectivity index is 1.63. The van der Waals surface area contributed by atoms with Crippen molar-refractivity contribution in [3.63, 3.8) is 0 Å². The molecule has 2 aromatic heterocycles. The van der Waals surface area contributed by atoms with Crippen LogP contribution >= 0.6 is 0 Å². The summed E-state index contributed by atoms with van der Waals surface area (Å²) in [4.78, 5) is 26.7. The van der Waals surface area contributed by atoms with Crippen LogP contribution in [0.1, 0.15) is 11.3 Å². The molecule has 4 rings (SSSR count). The molecule has 2 aliphatic rings. The van der Waals surface area contributed by atoms with Crippen molar-refractivity contribution in [1.29, 1.82) is 0 Å². The van der Waals surface area contributed by atoms with Crippen molar-refractivity contribution in [2.24, 2.45) is 11.3 Å². The molecule has 8 nitrogen and oxygen atoms in total. The largest absolute Gasteiger partial charge is 0.481 e. The van der Waals surface area contributed by atoms with Crippen molar-refractivity contribution >= 4 is 11.8 Å². The average Bonchev–Trinajstić information content (AvgIpc) is 3.17. The highest BCUT2D eigenvalue weighted by molar-refractivity contribution is 5.78. The Hall–Kier alpha value is -2.74. The molecule has 0 radical (unpaired) electrons. The highest BCUT2D eigenvalue weighted by Gasteiger charge is 2.56. The number of hydrogen-bond acceptors (Lipinski definition) is 7. The summed E-state index contributed by atoms with van der Waals surface area (Å²) in [6.45, 7) is 5.42. The molecular formula is C18H20N4O4. The maximum absolute atomic E-state index is 11.8. The number of carbonyl (C=O) groups is 1. The van der Waals surface area contributed by atoms with Gasteiger partial charge in [-0.25, -0.2) is 9.97 Å². The van der Waals surface area contributed by atoms with Crippen LogP contribution in [0.3, 0.4) is 0 Å². The summed E-state index contributed by atoms with van der Waals surface area (Å²) in [7, 11) is 0. The van der Waals surface area contributed by atoms with E-state index in [1.165, 1.54) is 6.33 Å². The van der Waals surface area contributed by atoms with Gasteiger partial charge in [0.15, 0.2) is 5.75 Å². The highest BCUT2D eigenvalue weighted by Crippen LogP contribution is 2.44. The van der Waals surface area contributed by atoms with E-state index in [1.807, 2.05) is 24.8 Å². The lowest BCUT2D eigenvalue weighted by atomic mass is 9.81. The average molecular weight is 356 g/mol. The quantitative estimate of drug-likeness (QED) is 0.886. The predicted molar refractivity (Wildman–Crippen MR) is 92.4 cm³/mol. The number of aliphatic carboxylic acids is 1. The monoisotopic (exact) mass is 356 g/mol. The summed E-state index contributed by atoms with van der Waals surface area (Å²) < 4.78 is 11.4. The van der Waals surface area contributed by atoms with E-state index < -0.39 is 11.4 Å². The zero-order valence-corrected chi connectivity index (χ0v) is 14.7. The highest BCUT2D eigenvalue weighted by atomic mass is 16.5. The third-order valence-electron chi connectivity index (χ3n) is 5.28. The third-order valence-corrected chi connectivity index (χ3v) is 5.28. The number of ether oxygens (including phenoxy) is 2. The first-order valence-corrected chi connectivity index (χ1v) is 8.48. The number of anilines is 1. The number of carboxylic acid groups (broad SMARTS) is 1. The number of nitrogens with zero attached hydrogens (tertiary/aromatic N) is 4. The molecule has 0 amide bonds. The molecule has 8 heteroatoms. The van der Waals surface area contributed by atoms with Crippen LogP contribution in [0, 0.1) is 25.2 Å². The second-order valence-corrected chi connectivity index (χ2v) is 6.87. The molecule has 2 aliphatic heterocycles. The van der Waals surface area contributed by atoms with Crippen LogP contribution in [-0.4, -0.2) is 52.3 Å². The number of aryl methyl sites for hydroxylation is 1. The minimum atomic E-state index is -0.863. The summed E-state index contributed by atoms with van der Waals surface area (Å²) in [6.07, 6.45) is 3.15. The van der Waals surface area contributed by atoms with Gasteiger partial charge in [-0.3, -0.25) is 9.78 Å². The number of aromatic nitrogens is 3. The van der Waals surface area contributed by atoms with Crippen LogP contribution < -0.4 is 9.64 Å². The van der Waals surface area contributed by atoms with Crippen molar-refractivity contribution in [1.82, 2.24) is 15.0 Å². The fourth-order valence-electron chi connectivity index (χ4n) is 3.73. The van der Waals surface area contributed by atoms with Crippen LogP contribution in [0.5, 0.6) is 11.6 Å². The Kier molecular flexibility index (Phi) is 3.99. The Morgan fingerprint density at radius 3 is 2.96 bits per heavy atom. The summed E-state index contributed by atoms with van der Waals surface area (Å²) in [5.41, 5.74) is 0.681. The van der Waals surface area contributed by atoms with Gasteiger partial charge in [0.2, 0.25) is 5.88 Å². The van der Waals surface area contributed by atoms with E-state index in [4.69, 9.17) is 9.47 Å². The Labute approximate surface area is 150 Å². The summed E-state index contributed by atoms with van der Waals surface area (Å²) in [6, 6.07) is 3.64. The molecule has 0 aromatic carbocycles. The summed E-state index contributed by atoms with van der Waals surface area (Å²) >= 11 is 0. The minimum absolute atomic E-state index is 0.0423. The van der Waals surface area contributed by atoms with Gasteiger partial charge in [-0.15, -0.1) is 0 Å². The van der Waals surface area contributed by atoms with Crippen LogP contribution in [0.2, 0.25) is 0 Å². The molecule has 0 unspecified atom stereocenters. The number of carboxylic acids is 1. The van der Waals surface area contributed by atoms with Gasteiger partial charge in [-0.1, -0.05) is 0 Å². The summed E-state index contributed by atoms with van der Waals surface area (Å²) in [5.74, 6) is 0.931. The standard InChI is InChI=1S/C18H20N4O4/c1-11-15(22-6-13-7-25-9-18(13,8-22)17(23)24)20-10-21-16(11)26-14-4-3-5-19-12(14)2/h3-5,10,13H,6-9H2,1-2H3,(H,23,24)/t13-,18-/m1/s1. The van der Waals surface area contributed by atoms with Gasteiger partial charge in [0, 0.05) is 25.2 Å². The van der Waals surface area contributed by atoms with E-state index in [2.05, 4.69) is 15.0 Å². The van der Waals surface area contributed by atoms with Crippen molar-refractivity contribution in [2.45, 2.75) is 13.8 Å². The predicted octanol–water partition coefficient (Wildman–Crippen LogP) is 1.82. The van der Waals surface area contributed by atoms with E-state index in [-0.39, 0.29) is 12.5 Å². The van der Waals surface area contributed by atoms with Gasteiger partial charge in [-0.05, 0) is 26.0 Å². The molecular weight excluding hydrogens is 336 g/mol. The molecule has 2 fully saturated rings. The van der Waals surface area contributed by atoms with Gasteiger partial charge >= 0.3 is 5.97 Å². The maximum Gasteiger partial charge on any atom is 0.314 e. The zero-order chi connectivity index (χ0) is 18.3. The van der Waals surface area contributed by atoms with Crippen molar-refractivity contribution in [2.75, 3.05) is 31.2 Å². The molecule has 0 aliphatic carbocycles. The number of hydrogen-bond donors (Lipinski definition) is 1. The second-order valence-electron chi connectivity index (χ2n) is 6.87. The van der Waals surface area contributed by atoms with Crippen LogP contribution in [-0.2, 0) is 9.53 Å². The zero-order valence-electron chi connectivity index (χ0n) is 14.7. The Morgan fingerprint density at radius 2 is 2.23 bits per heavy atom. The van der Waals surface area contributed by atoms with Crippen molar-refractivity contribution < 1.29 is 19.4 Å². The Morgan fingerprint density at radius 1 is 1.38 bits per heavy atom. The number of pyridine rings is 1. The van der Waals surface area contributed by atoms with Gasteiger partial charge in [0.1, 0.15) is 17.6 Å². The van der Waals surface area contributed by atoms with Gasteiger partial charge in [-0.2, -0.15) is 0 Å². The van der Waals surface area contributed by atoms with E-state index in [1.54, 1.807) is 12.3 Å². The molecule has 4 heterocycles. The molecule has 0 bridgehead atoms. The molecule has 1 N–H and O–H groups in total. The molecule has 2 aromatic rings. The first-order chi connectivity index (χ1) is 12.5. The normalized spacial score (nSPS) is 24.5. The fourth-order valence-corrected chi connectivity index (χ4v) is 3.73. The van der Waals surface area contributed by atoms with Gasteiger partial charge in [0.25, 0.3) is 0 Å². The molecule has 0 spiro atoms. The minimum Gasteiger partial charge on any atom is -0.481 e. The van der Waals surface area contributed by atoms with E-state index in [0.717, 1.165) is 11.3 Å². The van der Waals surface area contributed by atoms with E-state index in [0.29, 0.717) is 37.1 Å². The van der Waals surface area contributed by atoms with Gasteiger partial charge < -0.3 is 19.5 Å². The third kappa shape index (κ3) is 2.57. The Bertz CT molecular complexity index is 859. The van der Waals surface area contributed by atoms with E-state index in [9.17, 15) is 9.90 Å². The van der Waals surface area contributed by atoms with Crippen LogP contribution in [0.25, 0.3) is 0 Å². The second kappa shape index (κ2) is 6.21. The first kappa shape index (κ1) is 16.7. The van der Waals surface area contributed by atoms with Crippen LogP contribution in [0.4, 0.5) is 5.82 Å². The molecule has 136 valence electrons. The van der Waals surface area contributed by atoms with E-state index >= 15 is 0 Å². The number of fused-ring (bicyclic) bond motifs is 1. The lowest BCUT2D eigenvalue weighted by Crippen LogP contribution is -2.39. The number of rotatable bonds is 4.